The molecule has 0 amide bonds. The second kappa shape index (κ2) is 7.90. The molecule has 0 aliphatic heterocycles. The van der Waals surface area contributed by atoms with Gasteiger partial charge in [0.1, 0.15) is 0 Å². The van der Waals surface area contributed by atoms with Crippen molar-refractivity contribution < 1.29 is 26.7 Å². The van der Waals surface area contributed by atoms with E-state index in [9.17, 15) is 26.7 Å². The lowest BCUT2D eigenvalue weighted by Gasteiger charge is -2.38. The van der Waals surface area contributed by atoms with E-state index in [2.05, 4.69) is 25.9 Å². The number of fused-ring (bicyclic) bond motifs is 1. The molecule has 2 aromatic heterocycles. The summed E-state index contributed by atoms with van der Waals surface area (Å²) in [5.74, 6) is 0. The van der Waals surface area contributed by atoms with Crippen LogP contribution in [0.25, 0.3) is 10.9 Å². The van der Waals surface area contributed by atoms with Crippen LogP contribution >= 0.6 is 15.9 Å². The Morgan fingerprint density at radius 2 is 1.81 bits per heavy atom. The number of nitrogens with zero attached hydrogens (tertiary/aromatic N) is 1. The molecule has 10 heteroatoms. The summed E-state index contributed by atoms with van der Waals surface area (Å²) in [5.41, 5.74) is -2.85. The van der Waals surface area contributed by atoms with Gasteiger partial charge in [-0.3, -0.25) is 0 Å². The SMILES string of the molecule is CC(C)(CC(O)(Cc1cc2cc(S(C)(=O)=O)ncc2[nH]1)C(F)(F)F)c1ccccc1Br. The average molecular weight is 519 g/mol. The molecule has 1 aromatic carbocycles. The minimum atomic E-state index is -4.89. The van der Waals surface area contributed by atoms with E-state index in [1.54, 1.807) is 38.1 Å². The molecule has 0 radical (unpaired) electrons. The summed E-state index contributed by atoms with van der Waals surface area (Å²) >= 11 is 3.38. The Morgan fingerprint density at radius 1 is 1.16 bits per heavy atom. The molecular formula is C21H22BrF3N2O3S. The molecule has 1 unspecified atom stereocenters. The zero-order valence-electron chi connectivity index (χ0n) is 17.1. The molecule has 0 saturated carbocycles. The van der Waals surface area contributed by atoms with Gasteiger partial charge >= 0.3 is 6.18 Å². The van der Waals surface area contributed by atoms with Crippen molar-refractivity contribution in [1.82, 2.24) is 9.97 Å². The minimum Gasteiger partial charge on any atom is -0.380 e. The van der Waals surface area contributed by atoms with Crippen LogP contribution in [-0.4, -0.2) is 41.5 Å². The molecule has 0 fully saturated rings. The molecule has 0 bridgehead atoms. The van der Waals surface area contributed by atoms with E-state index in [4.69, 9.17) is 0 Å². The van der Waals surface area contributed by atoms with Crippen LogP contribution in [0.4, 0.5) is 13.2 Å². The van der Waals surface area contributed by atoms with Crippen molar-refractivity contribution in [3.05, 3.63) is 58.3 Å². The fourth-order valence-corrected chi connectivity index (χ4v) is 5.19. The summed E-state index contributed by atoms with van der Waals surface area (Å²) in [6.07, 6.45) is -3.92. The standard InChI is InChI=1S/C21H22BrF3N2O3S/c1-19(2,15-6-4-5-7-16(15)22)12-20(28,21(23,24)25)10-14-8-13-9-18(31(3,29)30)26-11-17(13)27-14/h4-9,11,27-28H,10,12H2,1-3H3. The Kier molecular flexibility index (Phi) is 6.05. The van der Waals surface area contributed by atoms with Crippen LogP contribution in [0.1, 0.15) is 31.5 Å². The smallest absolute Gasteiger partial charge is 0.380 e. The molecule has 1 atom stereocenters. The second-order valence-electron chi connectivity index (χ2n) is 8.42. The maximum absolute atomic E-state index is 14.0. The topological polar surface area (TPSA) is 83.0 Å². The maximum Gasteiger partial charge on any atom is 0.417 e. The number of benzene rings is 1. The first-order valence-corrected chi connectivity index (χ1v) is 12.0. The lowest BCUT2D eigenvalue weighted by atomic mass is 9.73. The second-order valence-corrected chi connectivity index (χ2v) is 11.2. The number of alkyl halides is 3. The van der Waals surface area contributed by atoms with Gasteiger partial charge in [-0.25, -0.2) is 13.4 Å². The molecule has 2 heterocycles. The van der Waals surface area contributed by atoms with Crippen molar-refractivity contribution in [3.8, 4) is 0 Å². The zero-order valence-corrected chi connectivity index (χ0v) is 19.5. The Morgan fingerprint density at radius 3 is 2.39 bits per heavy atom. The van der Waals surface area contributed by atoms with Crippen LogP contribution in [0.5, 0.6) is 0 Å². The Hall–Kier alpha value is -1.91. The molecule has 5 nitrogen and oxygen atoms in total. The van der Waals surface area contributed by atoms with Gasteiger partial charge in [-0.05, 0) is 35.6 Å². The minimum absolute atomic E-state index is 0.130. The highest BCUT2D eigenvalue weighted by molar-refractivity contribution is 9.10. The summed E-state index contributed by atoms with van der Waals surface area (Å²) in [6, 6.07) is 9.67. The lowest BCUT2D eigenvalue weighted by molar-refractivity contribution is -0.266. The van der Waals surface area contributed by atoms with E-state index in [0.29, 0.717) is 20.9 Å². The Bertz CT molecular complexity index is 1220. The zero-order chi connectivity index (χ0) is 23.2. The van der Waals surface area contributed by atoms with Crippen molar-refractivity contribution >= 4 is 36.7 Å². The highest BCUT2D eigenvalue weighted by Gasteiger charge is 2.56. The number of hydrogen-bond acceptors (Lipinski definition) is 4. The van der Waals surface area contributed by atoms with E-state index in [1.807, 2.05) is 0 Å². The summed E-state index contributed by atoms with van der Waals surface area (Å²) in [5, 5.41) is 11.1. The summed E-state index contributed by atoms with van der Waals surface area (Å²) < 4.78 is 66.2. The Balaban J connectivity index is 1.99. The number of aliphatic hydroxyl groups is 1. The summed E-state index contributed by atoms with van der Waals surface area (Å²) in [6.45, 7) is 3.30. The highest BCUT2D eigenvalue weighted by Crippen LogP contribution is 2.44. The molecule has 168 valence electrons. The van der Waals surface area contributed by atoms with Gasteiger partial charge in [0.25, 0.3) is 0 Å². The van der Waals surface area contributed by atoms with Crippen LogP contribution in [0.15, 0.2) is 52.1 Å². The number of pyridine rings is 1. The number of rotatable bonds is 6. The van der Waals surface area contributed by atoms with Crippen molar-refractivity contribution in [2.75, 3.05) is 6.26 Å². The van der Waals surface area contributed by atoms with E-state index in [1.165, 1.54) is 18.3 Å². The largest absolute Gasteiger partial charge is 0.417 e. The molecule has 0 saturated heterocycles. The maximum atomic E-state index is 14.0. The van der Waals surface area contributed by atoms with Crippen LogP contribution in [0, 0.1) is 0 Å². The fourth-order valence-electron chi connectivity index (χ4n) is 3.78. The van der Waals surface area contributed by atoms with Crippen LogP contribution < -0.4 is 0 Å². The summed E-state index contributed by atoms with van der Waals surface area (Å²) in [4.78, 5) is 6.65. The Labute approximate surface area is 186 Å². The third-order valence-electron chi connectivity index (χ3n) is 5.26. The van der Waals surface area contributed by atoms with E-state index in [0.717, 1.165) is 6.26 Å². The normalized spacial score (nSPS) is 15.2. The van der Waals surface area contributed by atoms with Crippen LogP contribution in [-0.2, 0) is 21.7 Å². The van der Waals surface area contributed by atoms with Crippen molar-refractivity contribution in [2.24, 2.45) is 0 Å². The number of sulfone groups is 1. The number of nitrogens with one attached hydrogen (secondary N) is 1. The molecular weight excluding hydrogens is 497 g/mol. The van der Waals surface area contributed by atoms with Gasteiger partial charge < -0.3 is 10.1 Å². The van der Waals surface area contributed by atoms with E-state index >= 15 is 0 Å². The van der Waals surface area contributed by atoms with Gasteiger partial charge in [0.2, 0.25) is 0 Å². The summed E-state index contributed by atoms with van der Waals surface area (Å²) in [7, 11) is -3.56. The molecule has 3 aromatic rings. The van der Waals surface area contributed by atoms with Gasteiger partial charge in [0, 0.05) is 28.2 Å². The van der Waals surface area contributed by atoms with Gasteiger partial charge in [-0.2, -0.15) is 13.2 Å². The monoisotopic (exact) mass is 518 g/mol. The van der Waals surface area contributed by atoms with Gasteiger partial charge in [-0.15, -0.1) is 0 Å². The van der Waals surface area contributed by atoms with Crippen LogP contribution in [0.2, 0.25) is 0 Å². The van der Waals surface area contributed by atoms with Crippen molar-refractivity contribution in [1.29, 1.82) is 0 Å². The third kappa shape index (κ3) is 4.96. The van der Waals surface area contributed by atoms with Gasteiger partial charge in [-0.1, -0.05) is 48.0 Å². The predicted octanol–water partition coefficient (Wildman–Crippen LogP) is 4.93. The number of H-pyrrole nitrogens is 1. The number of hydrogen-bond donors (Lipinski definition) is 2. The first-order valence-electron chi connectivity index (χ1n) is 9.34. The highest BCUT2D eigenvalue weighted by atomic mass is 79.9. The first kappa shape index (κ1) is 23.7. The number of aromatic nitrogens is 2. The quantitative estimate of drug-likeness (QED) is 0.484. The van der Waals surface area contributed by atoms with Crippen molar-refractivity contribution in [2.45, 2.75) is 48.9 Å². The fraction of sp³-hybridized carbons (Fsp3) is 0.381. The number of halogens is 4. The third-order valence-corrected chi connectivity index (χ3v) is 6.94. The van der Waals surface area contributed by atoms with E-state index < -0.39 is 39.9 Å². The lowest BCUT2D eigenvalue weighted by Crippen LogP contribution is -2.51. The molecule has 0 spiro atoms. The first-order chi connectivity index (χ1) is 14.1. The molecule has 3 rings (SSSR count). The predicted molar refractivity (Wildman–Crippen MR) is 116 cm³/mol. The van der Waals surface area contributed by atoms with Crippen molar-refractivity contribution in [3.63, 3.8) is 0 Å². The number of aromatic amines is 1. The van der Waals surface area contributed by atoms with Gasteiger partial charge in [0.15, 0.2) is 20.5 Å². The molecule has 31 heavy (non-hydrogen) atoms. The average Bonchev–Trinajstić information content (AvgIpc) is 3.00. The molecule has 0 aliphatic rings. The van der Waals surface area contributed by atoms with Crippen LogP contribution in [0.3, 0.4) is 0 Å². The molecule has 0 aliphatic carbocycles. The molecule has 2 N–H and O–H groups in total. The van der Waals surface area contributed by atoms with E-state index in [-0.39, 0.29) is 10.7 Å². The van der Waals surface area contributed by atoms with Gasteiger partial charge in [0.05, 0.1) is 11.7 Å².